The minimum Gasteiger partial charge on any atom is -0.456 e. The van der Waals surface area contributed by atoms with Crippen molar-refractivity contribution in [1.29, 1.82) is 0 Å². The maximum Gasteiger partial charge on any atom is 0.336 e. The highest BCUT2D eigenvalue weighted by atomic mass is 79.9. The third-order valence-corrected chi connectivity index (χ3v) is 5.16. The SMILES string of the molecule is O=C1OCC2=C1C(c1cccc(Br)c1)CC(=O)N2c1cccc(Cl)c1. The maximum absolute atomic E-state index is 12.9. The summed E-state index contributed by atoms with van der Waals surface area (Å²) in [5.74, 6) is -0.741. The van der Waals surface area contributed by atoms with Crippen molar-refractivity contribution in [2.75, 3.05) is 11.5 Å². The summed E-state index contributed by atoms with van der Waals surface area (Å²) >= 11 is 9.51. The number of cyclic esters (lactones) is 1. The second-order valence-corrected chi connectivity index (χ2v) is 7.31. The molecule has 0 spiro atoms. The van der Waals surface area contributed by atoms with Gasteiger partial charge in [-0.15, -0.1) is 0 Å². The quantitative estimate of drug-likeness (QED) is 0.678. The Kier molecular flexibility index (Phi) is 4.13. The van der Waals surface area contributed by atoms with E-state index in [1.54, 1.807) is 29.2 Å². The van der Waals surface area contributed by atoms with Crippen molar-refractivity contribution >= 4 is 45.1 Å². The second-order valence-electron chi connectivity index (χ2n) is 5.96. The lowest BCUT2D eigenvalue weighted by Gasteiger charge is -2.32. The minimum atomic E-state index is -0.362. The molecule has 4 rings (SSSR count). The van der Waals surface area contributed by atoms with E-state index in [2.05, 4.69) is 15.9 Å². The van der Waals surface area contributed by atoms with Crippen molar-refractivity contribution in [3.63, 3.8) is 0 Å². The molecule has 0 N–H and O–H groups in total. The summed E-state index contributed by atoms with van der Waals surface area (Å²) in [5.41, 5.74) is 2.72. The van der Waals surface area contributed by atoms with Crippen molar-refractivity contribution in [3.8, 4) is 0 Å². The highest BCUT2D eigenvalue weighted by molar-refractivity contribution is 9.10. The molecule has 0 saturated heterocycles. The summed E-state index contributed by atoms with van der Waals surface area (Å²) in [7, 11) is 0. The first-order chi connectivity index (χ1) is 12.0. The lowest BCUT2D eigenvalue weighted by atomic mass is 9.84. The van der Waals surface area contributed by atoms with Gasteiger partial charge in [0.05, 0.1) is 17.0 Å². The lowest BCUT2D eigenvalue weighted by molar-refractivity contribution is -0.136. The Morgan fingerprint density at radius 2 is 1.92 bits per heavy atom. The molecule has 2 aromatic rings. The summed E-state index contributed by atoms with van der Waals surface area (Å²) in [6.45, 7) is 0.0942. The molecule has 2 aromatic carbocycles. The second kappa shape index (κ2) is 6.32. The largest absolute Gasteiger partial charge is 0.456 e. The lowest BCUT2D eigenvalue weighted by Crippen LogP contribution is -2.37. The van der Waals surface area contributed by atoms with Crippen LogP contribution in [-0.2, 0) is 14.3 Å². The van der Waals surface area contributed by atoms with Gasteiger partial charge >= 0.3 is 5.97 Å². The van der Waals surface area contributed by atoms with Gasteiger partial charge < -0.3 is 4.74 Å². The number of ether oxygens (including phenoxy) is 1. The van der Waals surface area contributed by atoms with Crippen molar-refractivity contribution in [2.45, 2.75) is 12.3 Å². The standard InChI is InChI=1S/C19H13BrClNO3/c20-12-4-1-3-11(7-12)15-9-17(23)22(14-6-2-5-13(21)8-14)16-10-25-19(24)18(15)16/h1-8,15H,9-10H2. The number of hydrogen-bond donors (Lipinski definition) is 0. The van der Waals surface area contributed by atoms with Crippen LogP contribution in [0.15, 0.2) is 64.3 Å². The van der Waals surface area contributed by atoms with Gasteiger partial charge in [-0.25, -0.2) is 4.79 Å². The fourth-order valence-electron chi connectivity index (χ4n) is 3.38. The minimum absolute atomic E-state index is 0.0794. The van der Waals surface area contributed by atoms with Crippen LogP contribution in [0.25, 0.3) is 0 Å². The zero-order valence-electron chi connectivity index (χ0n) is 13.0. The van der Waals surface area contributed by atoms with E-state index in [-0.39, 0.29) is 30.8 Å². The van der Waals surface area contributed by atoms with Gasteiger partial charge in [0.1, 0.15) is 6.61 Å². The monoisotopic (exact) mass is 417 g/mol. The van der Waals surface area contributed by atoms with Crippen LogP contribution < -0.4 is 4.90 Å². The first-order valence-corrected chi connectivity index (χ1v) is 8.96. The molecular weight excluding hydrogens is 406 g/mol. The molecule has 0 bridgehead atoms. The zero-order chi connectivity index (χ0) is 17.6. The van der Waals surface area contributed by atoms with Gasteiger partial charge in [-0.3, -0.25) is 9.69 Å². The van der Waals surface area contributed by atoms with Gasteiger partial charge in [-0.05, 0) is 35.9 Å². The molecule has 0 radical (unpaired) electrons. The molecule has 4 nitrogen and oxygen atoms in total. The Balaban J connectivity index is 1.84. The number of esters is 1. The van der Waals surface area contributed by atoms with Crippen LogP contribution in [-0.4, -0.2) is 18.5 Å². The Morgan fingerprint density at radius 1 is 1.12 bits per heavy atom. The van der Waals surface area contributed by atoms with E-state index < -0.39 is 0 Å². The fourth-order valence-corrected chi connectivity index (χ4v) is 3.98. The fraction of sp³-hybridized carbons (Fsp3) is 0.158. The van der Waals surface area contributed by atoms with Gasteiger partial charge in [0, 0.05) is 21.8 Å². The van der Waals surface area contributed by atoms with E-state index in [0.717, 1.165) is 10.0 Å². The highest BCUT2D eigenvalue weighted by Gasteiger charge is 2.42. The summed E-state index contributed by atoms with van der Waals surface area (Å²) in [6.07, 6.45) is 0.205. The Hall–Kier alpha value is -2.11. The number of benzene rings is 2. The predicted molar refractivity (Wildman–Crippen MR) is 98.4 cm³/mol. The van der Waals surface area contributed by atoms with Gasteiger partial charge in [-0.2, -0.15) is 0 Å². The normalized spacial score (nSPS) is 19.9. The zero-order valence-corrected chi connectivity index (χ0v) is 15.4. The maximum atomic E-state index is 12.9. The number of anilines is 1. The molecule has 0 aromatic heterocycles. The summed E-state index contributed by atoms with van der Waals surface area (Å²) in [4.78, 5) is 26.8. The molecule has 0 aliphatic carbocycles. The van der Waals surface area contributed by atoms with E-state index in [0.29, 0.717) is 22.0 Å². The number of carbonyl (C=O) groups excluding carboxylic acids is 2. The average Bonchev–Trinajstić information content (AvgIpc) is 2.96. The van der Waals surface area contributed by atoms with Gasteiger partial charge in [0.2, 0.25) is 5.91 Å². The van der Waals surface area contributed by atoms with Gasteiger partial charge in [0.25, 0.3) is 0 Å². The van der Waals surface area contributed by atoms with Crippen LogP contribution >= 0.6 is 27.5 Å². The van der Waals surface area contributed by atoms with E-state index >= 15 is 0 Å². The average molecular weight is 419 g/mol. The first kappa shape index (κ1) is 16.4. The number of hydrogen-bond acceptors (Lipinski definition) is 3. The van der Waals surface area contributed by atoms with E-state index in [1.807, 2.05) is 24.3 Å². The molecule has 1 atom stereocenters. The van der Waals surface area contributed by atoms with Gasteiger partial charge in [-0.1, -0.05) is 45.7 Å². The smallest absolute Gasteiger partial charge is 0.336 e. The van der Waals surface area contributed by atoms with Crippen molar-refractivity contribution in [2.24, 2.45) is 0 Å². The van der Waals surface area contributed by atoms with Crippen molar-refractivity contribution in [3.05, 3.63) is 74.9 Å². The molecule has 0 saturated carbocycles. The van der Waals surface area contributed by atoms with Crippen LogP contribution in [0.5, 0.6) is 0 Å². The number of carbonyl (C=O) groups is 2. The third kappa shape index (κ3) is 2.87. The first-order valence-electron chi connectivity index (χ1n) is 7.79. The number of rotatable bonds is 2. The van der Waals surface area contributed by atoms with Crippen LogP contribution in [0.2, 0.25) is 5.02 Å². The van der Waals surface area contributed by atoms with E-state index in [9.17, 15) is 9.59 Å². The molecular formula is C19H13BrClNO3. The van der Waals surface area contributed by atoms with Crippen molar-refractivity contribution in [1.82, 2.24) is 0 Å². The molecule has 25 heavy (non-hydrogen) atoms. The molecule has 126 valence electrons. The molecule has 2 aliphatic heterocycles. The molecule has 6 heteroatoms. The van der Waals surface area contributed by atoms with Crippen LogP contribution in [0, 0.1) is 0 Å². The highest BCUT2D eigenvalue weighted by Crippen LogP contribution is 2.42. The summed E-state index contributed by atoms with van der Waals surface area (Å²) < 4.78 is 6.17. The molecule has 2 heterocycles. The van der Waals surface area contributed by atoms with Crippen molar-refractivity contribution < 1.29 is 14.3 Å². The molecule has 2 aliphatic rings. The van der Waals surface area contributed by atoms with E-state index in [1.165, 1.54) is 0 Å². The molecule has 0 fully saturated rings. The number of nitrogens with zero attached hydrogens (tertiary/aromatic N) is 1. The van der Waals surface area contributed by atoms with Gasteiger partial charge in [0.15, 0.2) is 0 Å². The number of amides is 1. The van der Waals surface area contributed by atoms with Crippen LogP contribution in [0.4, 0.5) is 5.69 Å². The number of halogens is 2. The Morgan fingerprint density at radius 3 is 2.68 bits per heavy atom. The summed E-state index contributed by atoms with van der Waals surface area (Å²) in [5, 5.41) is 0.534. The molecule has 1 unspecified atom stereocenters. The Labute approximate surface area is 158 Å². The van der Waals surface area contributed by atoms with Crippen LogP contribution in [0.3, 0.4) is 0 Å². The molecule has 1 amide bonds. The predicted octanol–water partition coefficient (Wildman–Crippen LogP) is 4.43. The topological polar surface area (TPSA) is 46.6 Å². The van der Waals surface area contributed by atoms with Crippen LogP contribution in [0.1, 0.15) is 17.9 Å². The van der Waals surface area contributed by atoms with E-state index in [4.69, 9.17) is 16.3 Å². The third-order valence-electron chi connectivity index (χ3n) is 4.43. The Bertz CT molecular complexity index is 924. The summed E-state index contributed by atoms with van der Waals surface area (Å²) in [6, 6.07) is 14.7.